The Morgan fingerprint density at radius 3 is 2.50 bits per heavy atom. The van der Waals surface area contributed by atoms with Crippen LogP contribution in [-0.4, -0.2) is 44.1 Å². The molecule has 0 N–H and O–H groups in total. The number of alkyl halides is 1. The van der Waals surface area contributed by atoms with Crippen molar-refractivity contribution in [3.05, 3.63) is 24.3 Å². The predicted octanol–water partition coefficient (Wildman–Crippen LogP) is 3.02. The number of hydrogen-bond acceptors (Lipinski definition) is 3. The second-order valence-electron chi connectivity index (χ2n) is 4.37. The normalized spacial score (nSPS) is 12.5. The fourth-order valence-electron chi connectivity index (χ4n) is 1.56. The van der Waals surface area contributed by atoms with Crippen LogP contribution in [0.25, 0.3) is 0 Å². The van der Waals surface area contributed by atoms with Crippen molar-refractivity contribution < 1.29 is 9.47 Å². The molecule has 1 aromatic carbocycles. The molecule has 0 heterocycles. The van der Waals surface area contributed by atoms with Crippen LogP contribution in [0.1, 0.15) is 13.3 Å². The van der Waals surface area contributed by atoms with Gasteiger partial charge in [-0.1, -0.05) is 12.1 Å². The Bertz CT molecular complexity index is 344. The summed E-state index contributed by atoms with van der Waals surface area (Å²) in [6.07, 6.45) is 0.993. The highest BCUT2D eigenvalue weighted by Crippen LogP contribution is 2.25. The largest absolute Gasteiger partial charge is 0.493 e. The molecule has 0 saturated carbocycles. The fraction of sp³-hybridized carbons (Fsp3) is 0.571. The lowest BCUT2D eigenvalue weighted by Crippen LogP contribution is -2.26. The maximum atomic E-state index is 5.92. The number of ether oxygens (including phenoxy) is 2. The zero-order chi connectivity index (χ0) is 13.4. The van der Waals surface area contributed by atoms with Crippen LogP contribution in [0.3, 0.4) is 0 Å². The number of halogens is 1. The molecular formula is C14H22ClNO2. The molecule has 0 aliphatic rings. The van der Waals surface area contributed by atoms with Gasteiger partial charge in [-0.25, -0.2) is 0 Å². The van der Waals surface area contributed by atoms with E-state index < -0.39 is 0 Å². The predicted molar refractivity (Wildman–Crippen MR) is 75.9 cm³/mol. The third-order valence-electron chi connectivity index (χ3n) is 2.71. The van der Waals surface area contributed by atoms with E-state index in [1.807, 2.05) is 31.2 Å². The SMILES string of the molecule is COc1ccccc1OCCN(C)CCC(C)Cl. The Morgan fingerprint density at radius 1 is 1.22 bits per heavy atom. The van der Waals surface area contributed by atoms with Gasteiger partial charge in [0.1, 0.15) is 6.61 Å². The molecule has 0 amide bonds. The van der Waals surface area contributed by atoms with Gasteiger partial charge >= 0.3 is 0 Å². The lowest BCUT2D eigenvalue weighted by atomic mass is 10.3. The molecule has 1 unspecified atom stereocenters. The minimum Gasteiger partial charge on any atom is -0.493 e. The molecule has 18 heavy (non-hydrogen) atoms. The monoisotopic (exact) mass is 271 g/mol. The minimum absolute atomic E-state index is 0.225. The van der Waals surface area contributed by atoms with Crippen molar-refractivity contribution >= 4 is 11.6 Å². The smallest absolute Gasteiger partial charge is 0.161 e. The summed E-state index contributed by atoms with van der Waals surface area (Å²) in [6.45, 7) is 4.52. The zero-order valence-corrected chi connectivity index (χ0v) is 12.1. The molecule has 0 spiro atoms. The third kappa shape index (κ3) is 5.61. The second kappa shape index (κ2) is 8.22. The van der Waals surface area contributed by atoms with Crippen LogP contribution in [0.15, 0.2) is 24.3 Å². The Balaban J connectivity index is 2.28. The van der Waals surface area contributed by atoms with Gasteiger partial charge in [0.25, 0.3) is 0 Å². The standard InChI is InChI=1S/C14H22ClNO2/c1-12(15)8-9-16(2)10-11-18-14-7-5-4-6-13(14)17-3/h4-7,12H,8-11H2,1-3H3. The number of rotatable bonds is 8. The van der Waals surface area contributed by atoms with E-state index in [1.165, 1.54) is 0 Å². The van der Waals surface area contributed by atoms with Gasteiger partial charge in [-0.15, -0.1) is 11.6 Å². The average molecular weight is 272 g/mol. The van der Waals surface area contributed by atoms with Crippen LogP contribution in [0.5, 0.6) is 11.5 Å². The number of para-hydroxylation sites is 2. The van der Waals surface area contributed by atoms with E-state index in [0.29, 0.717) is 6.61 Å². The highest BCUT2D eigenvalue weighted by molar-refractivity contribution is 6.20. The van der Waals surface area contributed by atoms with Crippen LogP contribution >= 0.6 is 11.6 Å². The fourth-order valence-corrected chi connectivity index (χ4v) is 1.66. The van der Waals surface area contributed by atoms with Crippen LogP contribution in [0.2, 0.25) is 0 Å². The van der Waals surface area contributed by atoms with E-state index in [-0.39, 0.29) is 5.38 Å². The average Bonchev–Trinajstić information content (AvgIpc) is 2.37. The first-order valence-corrected chi connectivity index (χ1v) is 6.65. The van der Waals surface area contributed by atoms with E-state index in [0.717, 1.165) is 31.0 Å². The van der Waals surface area contributed by atoms with Crippen molar-refractivity contribution in [3.63, 3.8) is 0 Å². The van der Waals surface area contributed by atoms with Gasteiger partial charge in [0, 0.05) is 11.9 Å². The molecule has 1 atom stereocenters. The van der Waals surface area contributed by atoms with Crippen molar-refractivity contribution in [1.29, 1.82) is 0 Å². The van der Waals surface area contributed by atoms with Crippen molar-refractivity contribution in [2.75, 3.05) is 33.9 Å². The summed E-state index contributed by atoms with van der Waals surface area (Å²) >= 11 is 5.92. The Kier molecular flexibility index (Phi) is 6.91. The van der Waals surface area contributed by atoms with E-state index in [9.17, 15) is 0 Å². The Hall–Kier alpha value is -0.930. The number of likely N-dealkylation sites (N-methyl/N-ethyl adjacent to an activating group) is 1. The number of benzene rings is 1. The molecule has 1 rings (SSSR count). The summed E-state index contributed by atoms with van der Waals surface area (Å²) < 4.78 is 10.9. The third-order valence-corrected chi connectivity index (χ3v) is 2.93. The maximum absolute atomic E-state index is 5.92. The summed E-state index contributed by atoms with van der Waals surface area (Å²) in [5, 5.41) is 0.225. The van der Waals surface area contributed by atoms with Crippen LogP contribution in [-0.2, 0) is 0 Å². The molecule has 0 bridgehead atoms. The molecule has 0 fully saturated rings. The highest BCUT2D eigenvalue weighted by Gasteiger charge is 2.04. The number of hydrogen-bond donors (Lipinski definition) is 0. The zero-order valence-electron chi connectivity index (χ0n) is 11.4. The molecule has 0 radical (unpaired) electrons. The summed E-state index contributed by atoms with van der Waals surface area (Å²) in [6, 6.07) is 7.68. The minimum atomic E-state index is 0.225. The molecule has 102 valence electrons. The number of methoxy groups -OCH3 is 1. The summed E-state index contributed by atoms with van der Waals surface area (Å²) in [5.74, 6) is 1.56. The van der Waals surface area contributed by atoms with Crippen molar-refractivity contribution in [1.82, 2.24) is 4.90 Å². The van der Waals surface area contributed by atoms with Gasteiger partial charge in [0.05, 0.1) is 7.11 Å². The molecule has 1 aromatic rings. The van der Waals surface area contributed by atoms with Crippen molar-refractivity contribution in [2.24, 2.45) is 0 Å². The lowest BCUT2D eigenvalue weighted by Gasteiger charge is -2.18. The molecule has 3 nitrogen and oxygen atoms in total. The van der Waals surface area contributed by atoms with Crippen LogP contribution in [0, 0.1) is 0 Å². The van der Waals surface area contributed by atoms with Gasteiger partial charge < -0.3 is 14.4 Å². The molecule has 4 heteroatoms. The molecule has 0 aromatic heterocycles. The molecule has 0 aliphatic heterocycles. The van der Waals surface area contributed by atoms with Crippen molar-refractivity contribution in [3.8, 4) is 11.5 Å². The first kappa shape index (κ1) is 15.1. The van der Waals surface area contributed by atoms with Gasteiger partial charge in [-0.2, -0.15) is 0 Å². The molecule has 0 saturated heterocycles. The topological polar surface area (TPSA) is 21.7 Å². The summed E-state index contributed by atoms with van der Waals surface area (Å²) in [7, 11) is 3.72. The Morgan fingerprint density at radius 2 is 1.89 bits per heavy atom. The first-order chi connectivity index (χ1) is 8.63. The summed E-state index contributed by atoms with van der Waals surface area (Å²) in [4.78, 5) is 2.22. The van der Waals surface area contributed by atoms with Crippen LogP contribution in [0.4, 0.5) is 0 Å². The number of nitrogens with zero attached hydrogens (tertiary/aromatic N) is 1. The molecular weight excluding hydrogens is 250 g/mol. The van der Waals surface area contributed by atoms with E-state index in [2.05, 4.69) is 11.9 Å². The van der Waals surface area contributed by atoms with Crippen molar-refractivity contribution in [2.45, 2.75) is 18.7 Å². The highest BCUT2D eigenvalue weighted by atomic mass is 35.5. The van der Waals surface area contributed by atoms with Crippen LogP contribution < -0.4 is 9.47 Å². The van der Waals surface area contributed by atoms with E-state index >= 15 is 0 Å². The lowest BCUT2D eigenvalue weighted by molar-refractivity contribution is 0.229. The molecule has 0 aliphatic carbocycles. The van der Waals surface area contributed by atoms with E-state index in [1.54, 1.807) is 7.11 Å². The maximum Gasteiger partial charge on any atom is 0.161 e. The van der Waals surface area contributed by atoms with Gasteiger partial charge in [0.2, 0.25) is 0 Å². The van der Waals surface area contributed by atoms with Gasteiger partial charge in [-0.05, 0) is 39.1 Å². The van der Waals surface area contributed by atoms with E-state index in [4.69, 9.17) is 21.1 Å². The Labute approximate surface area is 115 Å². The quantitative estimate of drug-likeness (QED) is 0.679. The summed E-state index contributed by atoms with van der Waals surface area (Å²) in [5.41, 5.74) is 0. The first-order valence-electron chi connectivity index (χ1n) is 6.22. The van der Waals surface area contributed by atoms with Gasteiger partial charge in [0.15, 0.2) is 11.5 Å². The second-order valence-corrected chi connectivity index (χ2v) is 5.12. The van der Waals surface area contributed by atoms with Gasteiger partial charge in [-0.3, -0.25) is 0 Å².